The van der Waals surface area contributed by atoms with Crippen molar-refractivity contribution in [2.24, 2.45) is 0 Å². The summed E-state index contributed by atoms with van der Waals surface area (Å²) in [4.78, 5) is 28.3. The second-order valence-corrected chi connectivity index (χ2v) is 9.33. The summed E-state index contributed by atoms with van der Waals surface area (Å²) < 4.78 is 31.8. The number of pyridine rings is 1. The van der Waals surface area contributed by atoms with Gasteiger partial charge in [0.1, 0.15) is 0 Å². The number of amides is 1. The predicted molar refractivity (Wildman–Crippen MR) is 132 cm³/mol. The average molecular weight is 520 g/mol. The number of sulfonamides is 1. The Balaban J connectivity index is 1.54. The monoisotopic (exact) mass is 519 g/mol. The van der Waals surface area contributed by atoms with Crippen molar-refractivity contribution in [3.63, 3.8) is 0 Å². The molecule has 1 heterocycles. The smallest absolute Gasteiger partial charge is 0.338 e. The van der Waals surface area contributed by atoms with E-state index in [0.717, 1.165) is 11.0 Å². The molecule has 0 fully saturated rings. The molecule has 0 spiro atoms. The van der Waals surface area contributed by atoms with Crippen molar-refractivity contribution in [3.05, 3.63) is 92.9 Å². The van der Waals surface area contributed by atoms with E-state index >= 15 is 0 Å². The Bertz CT molecular complexity index is 1330. The van der Waals surface area contributed by atoms with Gasteiger partial charge in [-0.1, -0.05) is 53.5 Å². The second kappa shape index (κ2) is 11.1. The minimum absolute atomic E-state index is 0.0996. The van der Waals surface area contributed by atoms with Crippen molar-refractivity contribution in [3.8, 4) is 0 Å². The van der Waals surface area contributed by atoms with Gasteiger partial charge in [-0.05, 0) is 48.9 Å². The molecule has 0 atom stereocenters. The van der Waals surface area contributed by atoms with E-state index in [-0.39, 0.29) is 22.1 Å². The molecule has 1 aromatic heterocycles. The van der Waals surface area contributed by atoms with Gasteiger partial charge < -0.3 is 10.1 Å². The summed E-state index contributed by atoms with van der Waals surface area (Å²) in [6.07, 6.45) is 1.47. The number of benzene rings is 2. The van der Waals surface area contributed by atoms with Gasteiger partial charge in [0, 0.05) is 5.69 Å². The average Bonchev–Trinajstić information content (AvgIpc) is 2.81. The van der Waals surface area contributed by atoms with Gasteiger partial charge in [0.2, 0.25) is 0 Å². The molecule has 0 aliphatic carbocycles. The molecule has 176 valence electrons. The number of carbonyl (C=O) groups excluding carboxylic acids is 2. The number of nitrogens with zero attached hydrogens (tertiary/aromatic N) is 1. The Morgan fingerprint density at radius 1 is 1.03 bits per heavy atom. The third-order valence-corrected chi connectivity index (χ3v) is 6.00. The third kappa shape index (κ3) is 7.31. The fraction of sp³-hybridized carbons (Fsp3) is 0.0870. The Labute approximate surface area is 206 Å². The lowest BCUT2D eigenvalue weighted by atomic mass is 10.2. The molecular weight excluding hydrogens is 501 g/mol. The van der Waals surface area contributed by atoms with Crippen LogP contribution in [0.2, 0.25) is 10.0 Å². The van der Waals surface area contributed by atoms with Crippen molar-refractivity contribution in [1.82, 2.24) is 4.98 Å². The zero-order valence-electron chi connectivity index (χ0n) is 17.8. The number of aryl methyl sites for hydroxylation is 1. The summed E-state index contributed by atoms with van der Waals surface area (Å²) in [6, 6.07) is 16.0. The van der Waals surface area contributed by atoms with Crippen molar-refractivity contribution in [2.45, 2.75) is 6.92 Å². The van der Waals surface area contributed by atoms with Crippen LogP contribution in [-0.4, -0.2) is 31.9 Å². The van der Waals surface area contributed by atoms with E-state index in [2.05, 4.69) is 15.0 Å². The first kappa shape index (κ1) is 25.2. The lowest BCUT2D eigenvalue weighted by Crippen LogP contribution is -2.21. The molecule has 0 radical (unpaired) electrons. The van der Waals surface area contributed by atoms with Gasteiger partial charge in [0.25, 0.3) is 15.9 Å². The quantitative estimate of drug-likeness (QED) is 0.408. The number of aromatic nitrogens is 1. The van der Waals surface area contributed by atoms with Crippen LogP contribution in [0.4, 0.5) is 11.5 Å². The molecule has 0 aliphatic rings. The molecule has 3 aromatic rings. The summed E-state index contributed by atoms with van der Waals surface area (Å²) >= 11 is 11.9. The Morgan fingerprint density at radius 3 is 2.38 bits per heavy atom. The van der Waals surface area contributed by atoms with E-state index in [4.69, 9.17) is 27.9 Å². The molecule has 11 heteroatoms. The molecule has 0 bridgehead atoms. The van der Waals surface area contributed by atoms with Gasteiger partial charge in [-0.15, -0.1) is 0 Å². The van der Waals surface area contributed by atoms with Gasteiger partial charge in [0.05, 0.1) is 26.7 Å². The number of hydrogen-bond donors (Lipinski definition) is 2. The maximum Gasteiger partial charge on any atom is 0.338 e. The van der Waals surface area contributed by atoms with Crippen LogP contribution in [0.15, 0.2) is 66.1 Å². The fourth-order valence-corrected chi connectivity index (χ4v) is 3.91. The summed E-state index contributed by atoms with van der Waals surface area (Å²) in [5.41, 5.74) is 1.60. The van der Waals surface area contributed by atoms with E-state index < -0.39 is 28.5 Å². The minimum Gasteiger partial charge on any atom is -0.452 e. The highest BCUT2D eigenvalue weighted by molar-refractivity contribution is 7.95. The molecule has 8 nitrogen and oxygen atoms in total. The van der Waals surface area contributed by atoms with E-state index in [1.807, 2.05) is 6.07 Å². The van der Waals surface area contributed by atoms with Crippen LogP contribution in [0.5, 0.6) is 0 Å². The number of carbonyl (C=O) groups is 2. The molecule has 2 N–H and O–H groups in total. The minimum atomic E-state index is -3.75. The molecule has 0 aliphatic heterocycles. The third-order valence-electron chi connectivity index (χ3n) is 4.32. The van der Waals surface area contributed by atoms with E-state index in [1.54, 1.807) is 31.2 Å². The van der Waals surface area contributed by atoms with Crippen molar-refractivity contribution in [2.75, 3.05) is 16.6 Å². The fourth-order valence-electron chi connectivity index (χ4n) is 2.63. The first-order valence-corrected chi connectivity index (χ1v) is 12.1. The number of anilines is 2. The maximum absolute atomic E-state index is 12.2. The molecule has 0 saturated heterocycles. The first-order valence-electron chi connectivity index (χ1n) is 9.78. The highest BCUT2D eigenvalue weighted by atomic mass is 35.5. The zero-order chi connectivity index (χ0) is 24.7. The molecular formula is C23H19Cl2N3O5S. The van der Waals surface area contributed by atoms with Gasteiger partial charge in [-0.2, -0.15) is 0 Å². The molecule has 34 heavy (non-hydrogen) atoms. The van der Waals surface area contributed by atoms with Crippen LogP contribution >= 0.6 is 23.2 Å². The van der Waals surface area contributed by atoms with Crippen molar-refractivity contribution < 1.29 is 22.7 Å². The van der Waals surface area contributed by atoms with Crippen LogP contribution in [0.3, 0.4) is 0 Å². The normalized spacial score (nSPS) is 11.3. The summed E-state index contributed by atoms with van der Waals surface area (Å²) in [5, 5.41) is 3.99. The van der Waals surface area contributed by atoms with E-state index in [1.165, 1.54) is 36.4 Å². The highest BCUT2D eigenvalue weighted by Gasteiger charge is 2.14. The number of hydrogen-bond acceptors (Lipinski definition) is 6. The Hall–Kier alpha value is -3.40. The predicted octanol–water partition coefficient (Wildman–Crippen LogP) is 4.90. The molecule has 3 rings (SSSR count). The van der Waals surface area contributed by atoms with E-state index in [0.29, 0.717) is 10.7 Å². The summed E-state index contributed by atoms with van der Waals surface area (Å²) in [6.45, 7) is 1.08. The standard InChI is InChI=1S/C23H19Cl2N3O5S/c1-15-19(24)13-20(25)22(26-15)27-21(29)14-33-23(30)17-7-9-18(10-8-17)28-34(31,32)12-11-16-5-3-2-4-6-16/h2-13,28H,14H2,1H3,(H,26,27,29)/b12-11+. The van der Waals surface area contributed by atoms with Gasteiger partial charge in [0.15, 0.2) is 12.4 Å². The van der Waals surface area contributed by atoms with Gasteiger partial charge >= 0.3 is 5.97 Å². The molecule has 2 aromatic carbocycles. The number of rotatable bonds is 8. The zero-order valence-corrected chi connectivity index (χ0v) is 20.1. The van der Waals surface area contributed by atoms with Gasteiger partial charge in [-0.3, -0.25) is 9.52 Å². The number of ether oxygens (including phenoxy) is 1. The Morgan fingerprint density at radius 2 is 1.71 bits per heavy atom. The second-order valence-electron chi connectivity index (χ2n) is 6.95. The van der Waals surface area contributed by atoms with Crippen LogP contribution in [0.25, 0.3) is 6.08 Å². The van der Waals surface area contributed by atoms with Crippen LogP contribution in [0, 0.1) is 6.92 Å². The topological polar surface area (TPSA) is 114 Å². The SMILES string of the molecule is Cc1nc(NC(=O)COC(=O)c2ccc(NS(=O)(=O)/C=C/c3ccccc3)cc2)c(Cl)cc1Cl. The largest absolute Gasteiger partial charge is 0.452 e. The first-order chi connectivity index (χ1) is 16.1. The summed E-state index contributed by atoms with van der Waals surface area (Å²) in [7, 11) is -3.75. The maximum atomic E-state index is 12.2. The van der Waals surface area contributed by atoms with Gasteiger partial charge in [-0.25, -0.2) is 18.2 Å². The number of nitrogens with one attached hydrogen (secondary N) is 2. The van der Waals surface area contributed by atoms with Crippen molar-refractivity contribution in [1.29, 1.82) is 0 Å². The van der Waals surface area contributed by atoms with E-state index in [9.17, 15) is 18.0 Å². The lowest BCUT2D eigenvalue weighted by molar-refractivity contribution is -0.119. The Kier molecular flexibility index (Phi) is 8.27. The molecule has 1 amide bonds. The molecule has 0 saturated carbocycles. The summed E-state index contributed by atoms with van der Waals surface area (Å²) in [5.74, 6) is -1.30. The molecule has 0 unspecified atom stereocenters. The van der Waals surface area contributed by atoms with Crippen LogP contribution in [-0.2, 0) is 19.6 Å². The van der Waals surface area contributed by atoms with Crippen LogP contribution in [0.1, 0.15) is 21.6 Å². The van der Waals surface area contributed by atoms with Crippen molar-refractivity contribution >= 4 is 62.7 Å². The number of halogens is 2. The number of esters is 1. The lowest BCUT2D eigenvalue weighted by Gasteiger charge is -2.09. The highest BCUT2D eigenvalue weighted by Crippen LogP contribution is 2.25. The van der Waals surface area contributed by atoms with Crippen LogP contribution < -0.4 is 10.0 Å².